The summed E-state index contributed by atoms with van der Waals surface area (Å²) in [6, 6.07) is 25.6. The SMILES string of the molecule is O=C(c1csc2nc(-c3cccs3)cn12)N1CCN(C(c2ccccc2)c2ccccc2)CC1. The van der Waals surface area contributed by atoms with Crippen LogP contribution in [0.15, 0.2) is 89.8 Å². The average Bonchev–Trinajstić information content (AvgIpc) is 3.63. The third kappa shape index (κ3) is 3.96. The summed E-state index contributed by atoms with van der Waals surface area (Å²) in [5.74, 6) is 0.0806. The van der Waals surface area contributed by atoms with Crippen molar-refractivity contribution in [2.45, 2.75) is 6.04 Å². The second-order valence-electron chi connectivity index (χ2n) is 8.43. The van der Waals surface area contributed by atoms with E-state index in [0.29, 0.717) is 18.8 Å². The summed E-state index contributed by atoms with van der Waals surface area (Å²) in [4.78, 5) is 24.6. The summed E-state index contributed by atoms with van der Waals surface area (Å²) in [6.07, 6.45) is 1.99. The van der Waals surface area contributed by atoms with Gasteiger partial charge in [0.2, 0.25) is 0 Å². The number of carbonyl (C=O) groups excluding carboxylic acids is 1. The molecule has 1 aliphatic heterocycles. The molecule has 2 aromatic carbocycles. The first kappa shape index (κ1) is 21.3. The summed E-state index contributed by atoms with van der Waals surface area (Å²) < 4.78 is 1.95. The third-order valence-electron chi connectivity index (χ3n) is 6.40. The normalized spacial score (nSPS) is 14.8. The standard InChI is InChI=1S/C27H24N4OS2/c32-26(23-19-34-27-28-22(18-31(23)27)24-12-7-17-33-24)30-15-13-29(14-16-30)25(20-8-3-1-4-9-20)21-10-5-2-6-11-21/h1-12,17-19,25H,13-16H2. The van der Waals surface area contributed by atoms with Gasteiger partial charge >= 0.3 is 0 Å². The Kier molecular flexibility index (Phi) is 5.74. The number of nitrogens with zero attached hydrogens (tertiary/aromatic N) is 4. The number of thiophene rings is 1. The molecule has 4 heterocycles. The molecule has 3 aromatic heterocycles. The number of fused-ring (bicyclic) bond motifs is 1. The monoisotopic (exact) mass is 484 g/mol. The van der Waals surface area contributed by atoms with Crippen LogP contribution in [0, 0.1) is 0 Å². The van der Waals surface area contributed by atoms with E-state index in [1.165, 1.54) is 22.5 Å². The minimum Gasteiger partial charge on any atom is -0.335 e. The maximum atomic E-state index is 13.5. The van der Waals surface area contributed by atoms with E-state index in [4.69, 9.17) is 4.98 Å². The molecule has 5 nitrogen and oxygen atoms in total. The van der Waals surface area contributed by atoms with Crippen molar-refractivity contribution in [3.05, 3.63) is 107 Å². The second-order valence-corrected chi connectivity index (χ2v) is 10.2. The summed E-state index contributed by atoms with van der Waals surface area (Å²) >= 11 is 3.19. The number of hydrogen-bond acceptors (Lipinski definition) is 5. The molecule has 7 heteroatoms. The molecule has 1 saturated heterocycles. The number of amides is 1. The van der Waals surface area contributed by atoms with Gasteiger partial charge in [-0.15, -0.1) is 22.7 Å². The lowest BCUT2D eigenvalue weighted by Crippen LogP contribution is -2.50. The lowest BCUT2D eigenvalue weighted by Gasteiger charge is -2.39. The number of imidazole rings is 1. The van der Waals surface area contributed by atoms with Gasteiger partial charge in [-0.3, -0.25) is 14.1 Å². The molecule has 34 heavy (non-hydrogen) atoms. The fraction of sp³-hybridized carbons (Fsp3) is 0.185. The van der Waals surface area contributed by atoms with Gasteiger partial charge in [-0.05, 0) is 22.6 Å². The fourth-order valence-corrected chi connectivity index (χ4v) is 6.24. The van der Waals surface area contributed by atoms with Crippen LogP contribution in [-0.2, 0) is 0 Å². The van der Waals surface area contributed by atoms with E-state index < -0.39 is 0 Å². The number of benzene rings is 2. The summed E-state index contributed by atoms with van der Waals surface area (Å²) in [5, 5.41) is 3.98. The second kappa shape index (κ2) is 9.18. The Bertz CT molecular complexity index is 1350. The first-order chi connectivity index (χ1) is 16.8. The highest BCUT2D eigenvalue weighted by molar-refractivity contribution is 7.15. The molecule has 0 bridgehead atoms. The van der Waals surface area contributed by atoms with Gasteiger partial charge < -0.3 is 4.90 Å². The maximum absolute atomic E-state index is 13.5. The van der Waals surface area contributed by atoms with Crippen molar-refractivity contribution < 1.29 is 4.79 Å². The predicted octanol–water partition coefficient (Wildman–Crippen LogP) is 5.67. The summed E-state index contributed by atoms with van der Waals surface area (Å²) in [7, 11) is 0. The summed E-state index contributed by atoms with van der Waals surface area (Å²) in [6.45, 7) is 3.08. The zero-order chi connectivity index (χ0) is 22.9. The van der Waals surface area contributed by atoms with Gasteiger partial charge in [-0.25, -0.2) is 4.98 Å². The quantitative estimate of drug-likeness (QED) is 0.323. The zero-order valence-corrected chi connectivity index (χ0v) is 20.2. The largest absolute Gasteiger partial charge is 0.335 e. The van der Waals surface area contributed by atoms with Gasteiger partial charge in [0.1, 0.15) is 11.4 Å². The Balaban J connectivity index is 1.21. The average molecular weight is 485 g/mol. The first-order valence-corrected chi connectivity index (χ1v) is 13.2. The molecule has 1 amide bonds. The highest BCUT2D eigenvalue weighted by Gasteiger charge is 2.29. The topological polar surface area (TPSA) is 40.9 Å². The number of aromatic nitrogens is 2. The molecule has 0 saturated carbocycles. The van der Waals surface area contributed by atoms with E-state index in [2.05, 4.69) is 71.6 Å². The lowest BCUT2D eigenvalue weighted by atomic mass is 9.96. The lowest BCUT2D eigenvalue weighted by molar-refractivity contribution is 0.0591. The molecule has 0 radical (unpaired) electrons. The van der Waals surface area contributed by atoms with Crippen molar-refractivity contribution in [2.75, 3.05) is 26.2 Å². The van der Waals surface area contributed by atoms with Crippen molar-refractivity contribution in [2.24, 2.45) is 0 Å². The van der Waals surface area contributed by atoms with E-state index in [-0.39, 0.29) is 11.9 Å². The van der Waals surface area contributed by atoms with E-state index in [0.717, 1.165) is 28.6 Å². The molecule has 0 atom stereocenters. The number of rotatable bonds is 5. The minimum absolute atomic E-state index is 0.0806. The van der Waals surface area contributed by atoms with Crippen LogP contribution >= 0.6 is 22.7 Å². The number of piperazine rings is 1. The van der Waals surface area contributed by atoms with Crippen molar-refractivity contribution in [3.8, 4) is 10.6 Å². The molecule has 0 spiro atoms. The first-order valence-electron chi connectivity index (χ1n) is 11.4. The predicted molar refractivity (Wildman–Crippen MR) is 139 cm³/mol. The number of thiazole rings is 1. The molecular weight excluding hydrogens is 460 g/mol. The van der Waals surface area contributed by atoms with Crippen LogP contribution in [0.25, 0.3) is 15.5 Å². The third-order valence-corrected chi connectivity index (χ3v) is 8.13. The van der Waals surface area contributed by atoms with Gasteiger partial charge in [0, 0.05) is 37.8 Å². The van der Waals surface area contributed by atoms with Crippen LogP contribution < -0.4 is 0 Å². The van der Waals surface area contributed by atoms with Crippen molar-refractivity contribution >= 4 is 33.5 Å². The van der Waals surface area contributed by atoms with Crippen LogP contribution in [0.3, 0.4) is 0 Å². The number of hydrogen-bond donors (Lipinski definition) is 0. The number of carbonyl (C=O) groups is 1. The van der Waals surface area contributed by atoms with E-state index in [1.54, 1.807) is 11.3 Å². The van der Waals surface area contributed by atoms with Gasteiger partial charge in [0.15, 0.2) is 4.96 Å². The molecule has 0 aliphatic carbocycles. The Hall–Kier alpha value is -3.26. The van der Waals surface area contributed by atoms with Crippen LogP contribution in [0.1, 0.15) is 27.7 Å². The maximum Gasteiger partial charge on any atom is 0.271 e. The molecule has 1 aliphatic rings. The van der Waals surface area contributed by atoms with Gasteiger partial charge in [-0.1, -0.05) is 66.7 Å². The van der Waals surface area contributed by atoms with E-state index in [9.17, 15) is 4.79 Å². The van der Waals surface area contributed by atoms with Gasteiger partial charge in [-0.2, -0.15) is 0 Å². The molecule has 0 N–H and O–H groups in total. The van der Waals surface area contributed by atoms with Crippen LogP contribution in [0.4, 0.5) is 0 Å². The van der Waals surface area contributed by atoms with Crippen molar-refractivity contribution in [3.63, 3.8) is 0 Å². The van der Waals surface area contributed by atoms with Crippen LogP contribution in [0.2, 0.25) is 0 Å². The highest BCUT2D eigenvalue weighted by atomic mass is 32.1. The molecular formula is C27H24N4OS2. The smallest absolute Gasteiger partial charge is 0.271 e. The molecule has 0 unspecified atom stereocenters. The van der Waals surface area contributed by atoms with Gasteiger partial charge in [0.25, 0.3) is 5.91 Å². The molecule has 5 aromatic rings. The molecule has 6 rings (SSSR count). The zero-order valence-electron chi connectivity index (χ0n) is 18.6. The Morgan fingerprint density at radius 1 is 0.824 bits per heavy atom. The molecule has 170 valence electrons. The van der Waals surface area contributed by atoms with Gasteiger partial charge in [0.05, 0.1) is 10.9 Å². The highest BCUT2D eigenvalue weighted by Crippen LogP contribution is 2.31. The van der Waals surface area contributed by atoms with E-state index >= 15 is 0 Å². The Morgan fingerprint density at radius 3 is 2.12 bits per heavy atom. The molecule has 1 fully saturated rings. The fourth-order valence-electron chi connectivity index (χ4n) is 4.71. The van der Waals surface area contributed by atoms with E-state index in [1.807, 2.05) is 32.3 Å². The minimum atomic E-state index is 0.0806. The van der Waals surface area contributed by atoms with Crippen LogP contribution in [-0.4, -0.2) is 51.3 Å². The van der Waals surface area contributed by atoms with Crippen molar-refractivity contribution in [1.82, 2.24) is 19.2 Å². The van der Waals surface area contributed by atoms with Crippen molar-refractivity contribution in [1.29, 1.82) is 0 Å². The Labute approximate surface area is 206 Å². The Morgan fingerprint density at radius 2 is 1.50 bits per heavy atom. The summed E-state index contributed by atoms with van der Waals surface area (Å²) in [5.41, 5.74) is 4.20. The van der Waals surface area contributed by atoms with Crippen LogP contribution in [0.5, 0.6) is 0 Å².